The van der Waals surface area contributed by atoms with Crippen LogP contribution in [0.15, 0.2) is 18.3 Å². The molecule has 0 atom stereocenters. The van der Waals surface area contributed by atoms with Crippen molar-refractivity contribution in [1.82, 2.24) is 19.8 Å². The van der Waals surface area contributed by atoms with Crippen molar-refractivity contribution in [2.24, 2.45) is 0 Å². The Balaban J connectivity index is 1.49. The predicted molar refractivity (Wildman–Crippen MR) is 143 cm³/mol. The summed E-state index contributed by atoms with van der Waals surface area (Å²) in [6.07, 6.45) is 1.22. The number of urea groups is 1. The number of aldehydes is 1. The Morgan fingerprint density at radius 1 is 1.35 bits per heavy atom. The summed E-state index contributed by atoms with van der Waals surface area (Å²) in [6.45, 7) is 2.60. The Hall–Kier alpha value is -3.69. The van der Waals surface area contributed by atoms with Gasteiger partial charge in [0.2, 0.25) is 5.91 Å². The zero-order valence-electron chi connectivity index (χ0n) is 23.5. The molecule has 1 fully saturated rings. The van der Waals surface area contributed by atoms with Crippen molar-refractivity contribution in [2.75, 3.05) is 67.2 Å². The summed E-state index contributed by atoms with van der Waals surface area (Å²) in [7, 11) is 1.89. The summed E-state index contributed by atoms with van der Waals surface area (Å²) < 4.78 is 21.8. The Morgan fingerprint density at radius 3 is 2.97 bits per heavy atom. The minimum absolute atomic E-state index is 0.0101. The zero-order valence-corrected chi connectivity index (χ0v) is 21.3. The smallest absolute Gasteiger partial charge is 0.328 e. The predicted octanol–water partition coefficient (Wildman–Crippen LogP) is 2.19. The molecule has 2 aromatic rings. The van der Waals surface area contributed by atoms with Crippen molar-refractivity contribution < 1.29 is 18.5 Å². The molecule has 37 heavy (non-hydrogen) atoms. The molecule has 12 heteroatoms. The number of carbonyl (C=O) groups is 3. The van der Waals surface area contributed by atoms with Gasteiger partial charge in [0, 0.05) is 60.4 Å². The van der Waals surface area contributed by atoms with Crippen LogP contribution in [0.3, 0.4) is 0 Å². The number of fused-ring (bicyclic) bond motifs is 1. The quantitative estimate of drug-likeness (QED) is 0.393. The second-order valence-electron chi connectivity index (χ2n) is 8.87. The van der Waals surface area contributed by atoms with Gasteiger partial charge in [-0.25, -0.2) is 14.8 Å². The van der Waals surface area contributed by atoms with Crippen molar-refractivity contribution in [3.63, 3.8) is 0 Å². The Morgan fingerprint density at radius 2 is 2.22 bits per heavy atom. The van der Waals surface area contributed by atoms with Gasteiger partial charge in [-0.2, -0.15) is 17.0 Å². The van der Waals surface area contributed by atoms with Gasteiger partial charge in [0.05, 0.1) is 17.8 Å². The highest BCUT2D eigenvalue weighted by Crippen LogP contribution is 2.29. The number of likely N-dealkylation sites (N-methyl/N-ethyl adjacent to an activating group) is 1. The average molecular weight is 526 g/mol. The number of piperazine rings is 1. The highest BCUT2D eigenvalue weighted by Gasteiger charge is 2.28. The maximum Gasteiger partial charge on any atom is 0.328 e. The molecule has 2 N–H and O–H groups in total. The molecule has 3 amide bonds. The average Bonchev–Trinajstić information content (AvgIpc) is 2.91. The minimum atomic E-state index is -2.11. The summed E-state index contributed by atoms with van der Waals surface area (Å²) in [5.74, 6) is 0.867. The number of hydrogen-bond donors (Lipinski definition) is 2. The van der Waals surface area contributed by atoms with E-state index in [-0.39, 0.29) is 29.5 Å². The van der Waals surface area contributed by atoms with Crippen LogP contribution in [0.2, 0.25) is 0 Å². The molecule has 4 heterocycles. The van der Waals surface area contributed by atoms with Gasteiger partial charge in [0.1, 0.15) is 23.4 Å². The topological polar surface area (TPSA) is 135 Å². The molecule has 0 aliphatic carbocycles. The normalized spacial score (nSPS) is 17.2. The van der Waals surface area contributed by atoms with E-state index in [0.717, 1.165) is 23.9 Å². The van der Waals surface area contributed by atoms with Crippen molar-refractivity contribution in [3.05, 3.63) is 40.7 Å². The van der Waals surface area contributed by atoms with Crippen molar-refractivity contribution in [2.45, 2.75) is 19.4 Å². The first kappa shape index (κ1) is 22.5. The number of nitriles is 1. The molecule has 1 saturated heterocycles. The highest BCUT2D eigenvalue weighted by atomic mass is 32.2. The lowest BCUT2D eigenvalue weighted by atomic mass is 10.0. The molecule has 2 aliphatic rings. The first-order valence-corrected chi connectivity index (χ1v) is 12.9. The fraction of sp³-hybridized carbons (Fsp3) is 0.440. The van der Waals surface area contributed by atoms with Crippen molar-refractivity contribution >= 4 is 47.3 Å². The third-order valence-corrected chi connectivity index (χ3v) is 6.69. The fourth-order valence-corrected chi connectivity index (χ4v) is 4.56. The number of aryl methyl sites for hydroxylation is 1. The number of anilines is 3. The number of aromatic nitrogens is 2. The number of thioether (sulfide) groups is 1. The molecule has 0 bridgehead atoms. The summed E-state index contributed by atoms with van der Waals surface area (Å²) in [5.41, 5.74) is 2.31. The number of hydrogen-bond acceptors (Lipinski definition) is 9. The van der Waals surface area contributed by atoms with E-state index in [0.29, 0.717) is 68.1 Å². The summed E-state index contributed by atoms with van der Waals surface area (Å²) in [5, 5.41) is 15.2. The highest BCUT2D eigenvalue weighted by molar-refractivity contribution is 7.98. The third kappa shape index (κ3) is 6.18. The molecule has 194 valence electrons. The molecule has 0 unspecified atom stereocenters. The van der Waals surface area contributed by atoms with E-state index in [1.54, 1.807) is 4.90 Å². The second kappa shape index (κ2) is 12.0. The molecule has 0 aromatic carbocycles. The van der Waals surface area contributed by atoms with Crippen LogP contribution in [0.25, 0.3) is 0 Å². The van der Waals surface area contributed by atoms with Gasteiger partial charge in [-0.1, -0.05) is 0 Å². The van der Waals surface area contributed by atoms with Gasteiger partial charge >= 0.3 is 6.03 Å². The van der Waals surface area contributed by atoms with E-state index in [9.17, 15) is 19.6 Å². The van der Waals surface area contributed by atoms with E-state index in [1.165, 1.54) is 17.2 Å². The molecule has 11 nitrogen and oxygen atoms in total. The molecule has 4 rings (SSSR count). The number of rotatable bonds is 8. The summed E-state index contributed by atoms with van der Waals surface area (Å²) in [4.78, 5) is 51.5. The number of carbonyl (C=O) groups excluding carboxylic acids is 3. The largest absolute Gasteiger partial charge is 0.383 e. The fourth-order valence-electron chi connectivity index (χ4n) is 4.36. The van der Waals surface area contributed by atoms with Gasteiger partial charge in [0.15, 0.2) is 6.29 Å². The lowest BCUT2D eigenvalue weighted by Gasteiger charge is -2.33. The van der Waals surface area contributed by atoms with Crippen LogP contribution in [0.4, 0.5) is 22.1 Å². The molecule has 0 spiro atoms. The minimum Gasteiger partial charge on any atom is -0.383 e. The lowest BCUT2D eigenvalue weighted by molar-refractivity contribution is -0.136. The number of nitrogens with one attached hydrogen (secondary N) is 2. The maximum absolute atomic E-state index is 13.3. The molecular weight excluding hydrogens is 492 g/mol. The van der Waals surface area contributed by atoms with Crippen LogP contribution in [0.1, 0.15) is 37.7 Å². The second-order valence-corrected chi connectivity index (χ2v) is 9.57. The number of nitrogens with zero attached hydrogens (tertiary/aromatic N) is 6. The lowest BCUT2D eigenvalue weighted by Crippen LogP contribution is -2.48. The number of pyridine rings is 2. The maximum atomic E-state index is 13.3. The van der Waals surface area contributed by atoms with Crippen molar-refractivity contribution in [3.8, 4) is 6.07 Å². The Bertz CT molecular complexity index is 1330. The first-order valence-electron chi connectivity index (χ1n) is 13.4. The Labute approximate surface area is 224 Å². The Kier molecular flexibility index (Phi) is 7.32. The first-order chi connectivity index (χ1) is 19.1. The van der Waals surface area contributed by atoms with Gasteiger partial charge < -0.3 is 10.2 Å². The van der Waals surface area contributed by atoms with E-state index >= 15 is 0 Å². The van der Waals surface area contributed by atoms with Crippen molar-refractivity contribution in [1.29, 1.82) is 5.26 Å². The molecule has 0 saturated carbocycles. The van der Waals surface area contributed by atoms with Crippen LogP contribution in [-0.2, 0) is 17.8 Å². The monoisotopic (exact) mass is 525 g/mol. The van der Waals surface area contributed by atoms with Crippen LogP contribution in [0.5, 0.6) is 0 Å². The molecule has 0 radical (unpaired) electrons. The van der Waals surface area contributed by atoms with E-state index in [1.807, 2.05) is 24.1 Å². The van der Waals surface area contributed by atoms with E-state index in [4.69, 9.17) is 4.11 Å². The SMILES string of the molecule is [2H]C([2H])([2H])SCCNc1cc(NC(=O)N2CCCc3cc(CN4CCN(C)CC4=O)c(C=O)nc32)ncc1C#N. The van der Waals surface area contributed by atoms with Gasteiger partial charge in [-0.3, -0.25) is 24.7 Å². The van der Waals surface area contributed by atoms with Gasteiger partial charge in [-0.05, 0) is 37.7 Å². The zero-order chi connectivity index (χ0) is 28.9. The van der Waals surface area contributed by atoms with Crippen LogP contribution in [-0.4, -0.2) is 89.7 Å². The van der Waals surface area contributed by atoms with Crippen LogP contribution < -0.4 is 15.5 Å². The molecule has 2 aliphatic heterocycles. The van der Waals surface area contributed by atoms with E-state index < -0.39 is 12.2 Å². The van der Waals surface area contributed by atoms with Gasteiger partial charge in [0.25, 0.3) is 0 Å². The van der Waals surface area contributed by atoms with E-state index in [2.05, 4.69) is 20.6 Å². The standard InChI is InChI=1S/C25H30N8O3S/c1-31-7-8-32(23(35)15-31)14-18-10-17-4-3-6-33(24(17)29-21(18)16-34)25(36)30-22-11-20(27-5-9-37-2)19(12-26)13-28-22/h10-11,13,16H,3-9,14-15H2,1-2H3,(H2,27,28,30,36)/i2D3. The third-order valence-electron chi connectivity index (χ3n) is 6.28. The number of amides is 3. The molecule has 2 aromatic heterocycles. The van der Waals surface area contributed by atoms with Gasteiger partial charge in [-0.15, -0.1) is 0 Å². The van der Waals surface area contributed by atoms with Crippen LogP contribution >= 0.6 is 11.8 Å². The summed E-state index contributed by atoms with van der Waals surface area (Å²) >= 11 is 0.817. The molecular formula is C25H30N8O3S. The summed E-state index contributed by atoms with van der Waals surface area (Å²) in [6, 6.07) is 4.91. The van der Waals surface area contributed by atoms with Crippen LogP contribution in [0, 0.1) is 11.3 Å².